The van der Waals surface area contributed by atoms with E-state index in [0.717, 1.165) is 22.4 Å². The third-order valence-electron chi connectivity index (χ3n) is 5.26. The van der Waals surface area contributed by atoms with E-state index in [-0.39, 0.29) is 18.2 Å². The molecule has 0 saturated heterocycles. The molecule has 0 fully saturated rings. The van der Waals surface area contributed by atoms with Crippen LogP contribution >= 0.6 is 0 Å². The van der Waals surface area contributed by atoms with Crippen LogP contribution in [-0.4, -0.2) is 25.8 Å². The minimum absolute atomic E-state index is 0.155. The lowest BCUT2D eigenvalue weighted by Crippen LogP contribution is -2.16. The highest BCUT2D eigenvalue weighted by molar-refractivity contribution is 6.02. The summed E-state index contributed by atoms with van der Waals surface area (Å²) >= 11 is 0. The minimum atomic E-state index is -0.449. The first kappa shape index (κ1) is 21.3. The Morgan fingerprint density at radius 3 is 2.69 bits per heavy atom. The van der Waals surface area contributed by atoms with Crippen LogP contribution in [0.15, 0.2) is 53.3 Å². The fourth-order valence-corrected chi connectivity index (χ4v) is 3.40. The molecule has 8 heteroatoms. The van der Waals surface area contributed by atoms with Crippen LogP contribution < -0.4 is 10.1 Å². The van der Waals surface area contributed by atoms with Gasteiger partial charge in [-0.15, -0.1) is 5.10 Å². The van der Waals surface area contributed by atoms with Gasteiger partial charge >= 0.3 is 0 Å². The van der Waals surface area contributed by atoms with Crippen LogP contribution in [0, 0.1) is 27.7 Å². The van der Waals surface area contributed by atoms with Crippen molar-refractivity contribution >= 4 is 11.9 Å². The number of carbonyl (C=O) groups excluding carboxylic acids is 1. The fourth-order valence-electron chi connectivity index (χ4n) is 3.40. The molecule has 2 heterocycles. The lowest BCUT2D eigenvalue weighted by atomic mass is 10.1. The highest BCUT2D eigenvalue weighted by Gasteiger charge is 2.22. The number of rotatable bonds is 7. The first-order valence-electron chi connectivity index (χ1n) is 10.3. The van der Waals surface area contributed by atoms with Gasteiger partial charge in [0.25, 0.3) is 5.91 Å². The third kappa shape index (κ3) is 4.69. The van der Waals surface area contributed by atoms with E-state index < -0.39 is 5.91 Å². The van der Waals surface area contributed by atoms with Crippen molar-refractivity contribution in [1.82, 2.24) is 19.9 Å². The molecule has 0 bridgehead atoms. The maximum absolute atomic E-state index is 12.8. The summed E-state index contributed by atoms with van der Waals surface area (Å²) in [5.41, 5.74) is 5.22. The normalized spacial score (nSPS) is 10.9. The number of nitrogens with zero attached hydrogens (tertiary/aromatic N) is 4. The van der Waals surface area contributed by atoms with Crippen molar-refractivity contribution < 1.29 is 14.1 Å². The summed E-state index contributed by atoms with van der Waals surface area (Å²) in [5.74, 6) is 1.03. The van der Waals surface area contributed by atoms with Crippen LogP contribution in [0.5, 0.6) is 5.75 Å². The van der Waals surface area contributed by atoms with Crippen LogP contribution in [-0.2, 0) is 13.2 Å². The highest BCUT2D eigenvalue weighted by Crippen LogP contribution is 2.22. The molecule has 0 saturated carbocycles. The molecule has 0 spiro atoms. The van der Waals surface area contributed by atoms with Crippen molar-refractivity contribution in [3.8, 4) is 5.75 Å². The zero-order valence-corrected chi connectivity index (χ0v) is 18.5. The SMILES string of the molecule is Cc1ccc(OCc2c(C(=O)Nc3ncn(Cc4ccccc4C)n3)noc2C)c(C)c1. The van der Waals surface area contributed by atoms with Crippen molar-refractivity contribution in [2.45, 2.75) is 40.8 Å². The summed E-state index contributed by atoms with van der Waals surface area (Å²) in [6, 6.07) is 14.0. The van der Waals surface area contributed by atoms with E-state index in [1.54, 1.807) is 17.9 Å². The number of hydrogen-bond acceptors (Lipinski definition) is 6. The average molecular weight is 431 g/mol. The molecule has 0 aliphatic carbocycles. The Morgan fingerprint density at radius 2 is 1.91 bits per heavy atom. The van der Waals surface area contributed by atoms with Gasteiger partial charge in [0.05, 0.1) is 12.1 Å². The van der Waals surface area contributed by atoms with E-state index in [4.69, 9.17) is 9.26 Å². The van der Waals surface area contributed by atoms with Crippen molar-refractivity contribution in [3.63, 3.8) is 0 Å². The summed E-state index contributed by atoms with van der Waals surface area (Å²) in [5, 5.41) is 11.0. The first-order valence-corrected chi connectivity index (χ1v) is 10.3. The number of amides is 1. The van der Waals surface area contributed by atoms with Crippen LogP contribution in [0.2, 0.25) is 0 Å². The Morgan fingerprint density at radius 1 is 1.09 bits per heavy atom. The van der Waals surface area contributed by atoms with Crippen LogP contribution in [0.1, 0.15) is 44.1 Å². The average Bonchev–Trinajstić information content (AvgIpc) is 3.35. The molecule has 2 aromatic carbocycles. The topological polar surface area (TPSA) is 95.1 Å². The van der Waals surface area contributed by atoms with Crippen LogP contribution in [0.4, 0.5) is 5.95 Å². The number of anilines is 1. The lowest BCUT2D eigenvalue weighted by Gasteiger charge is -2.10. The first-order chi connectivity index (χ1) is 15.4. The molecule has 164 valence electrons. The van der Waals surface area contributed by atoms with Gasteiger partial charge in [-0.3, -0.25) is 10.1 Å². The van der Waals surface area contributed by atoms with Crippen molar-refractivity contribution in [2.75, 3.05) is 5.32 Å². The molecular formula is C24H25N5O3. The van der Waals surface area contributed by atoms with Crippen molar-refractivity contribution in [3.05, 3.63) is 88.1 Å². The maximum Gasteiger partial charge on any atom is 0.280 e. The zero-order valence-electron chi connectivity index (χ0n) is 18.5. The van der Waals surface area contributed by atoms with Gasteiger partial charge in [-0.05, 0) is 50.5 Å². The monoisotopic (exact) mass is 431 g/mol. The Bertz CT molecular complexity index is 1260. The van der Waals surface area contributed by atoms with E-state index >= 15 is 0 Å². The molecular weight excluding hydrogens is 406 g/mol. The predicted octanol–water partition coefficient (Wildman–Crippen LogP) is 4.38. The van der Waals surface area contributed by atoms with Gasteiger partial charge in [-0.25, -0.2) is 9.67 Å². The molecule has 4 rings (SSSR count). The smallest absolute Gasteiger partial charge is 0.280 e. The second-order valence-corrected chi connectivity index (χ2v) is 7.77. The molecule has 0 radical (unpaired) electrons. The number of aromatic nitrogens is 4. The van der Waals surface area contributed by atoms with Crippen LogP contribution in [0.25, 0.3) is 0 Å². The Labute approximate surface area is 186 Å². The molecule has 0 aliphatic heterocycles. The van der Waals surface area contributed by atoms with E-state index in [2.05, 4.69) is 20.6 Å². The number of aryl methyl sites for hydroxylation is 4. The van der Waals surface area contributed by atoms with E-state index in [9.17, 15) is 4.79 Å². The zero-order chi connectivity index (χ0) is 22.7. The van der Waals surface area contributed by atoms with Gasteiger partial charge in [0, 0.05) is 0 Å². The summed E-state index contributed by atoms with van der Waals surface area (Å²) in [7, 11) is 0. The molecule has 4 aromatic rings. The Hall–Kier alpha value is -3.94. The second kappa shape index (κ2) is 9.05. The van der Waals surface area contributed by atoms with Gasteiger partial charge in [-0.2, -0.15) is 0 Å². The highest BCUT2D eigenvalue weighted by atomic mass is 16.5. The molecule has 1 amide bonds. The van der Waals surface area contributed by atoms with Crippen molar-refractivity contribution in [1.29, 1.82) is 0 Å². The van der Waals surface area contributed by atoms with Crippen LogP contribution in [0.3, 0.4) is 0 Å². The van der Waals surface area contributed by atoms with E-state index in [1.165, 1.54) is 5.56 Å². The van der Waals surface area contributed by atoms with E-state index in [1.807, 2.05) is 63.2 Å². The van der Waals surface area contributed by atoms with Gasteiger partial charge < -0.3 is 9.26 Å². The lowest BCUT2D eigenvalue weighted by molar-refractivity contribution is 0.101. The van der Waals surface area contributed by atoms with Crippen molar-refractivity contribution in [2.24, 2.45) is 0 Å². The molecule has 2 aromatic heterocycles. The summed E-state index contributed by atoms with van der Waals surface area (Å²) in [6.45, 7) is 8.53. The summed E-state index contributed by atoms with van der Waals surface area (Å²) in [6.07, 6.45) is 1.58. The fraction of sp³-hybridized carbons (Fsp3) is 0.250. The second-order valence-electron chi connectivity index (χ2n) is 7.77. The molecule has 8 nitrogen and oxygen atoms in total. The van der Waals surface area contributed by atoms with E-state index in [0.29, 0.717) is 17.9 Å². The standard InChI is InChI=1S/C24H25N5O3/c1-15-9-10-21(17(3)11-15)31-13-20-18(4)32-28-22(20)23(30)26-24-25-14-29(27-24)12-19-8-6-5-7-16(19)2/h5-11,14H,12-13H2,1-4H3,(H,26,27,30). The number of ether oxygens (including phenoxy) is 1. The van der Waals surface area contributed by atoms with Gasteiger partial charge in [0.1, 0.15) is 24.4 Å². The quantitative estimate of drug-likeness (QED) is 0.467. The number of hydrogen-bond donors (Lipinski definition) is 1. The molecule has 0 unspecified atom stereocenters. The maximum atomic E-state index is 12.8. The summed E-state index contributed by atoms with van der Waals surface area (Å²) < 4.78 is 12.9. The third-order valence-corrected chi connectivity index (χ3v) is 5.26. The molecule has 1 N–H and O–H groups in total. The van der Waals surface area contributed by atoms with Gasteiger partial charge in [0.15, 0.2) is 5.69 Å². The summed E-state index contributed by atoms with van der Waals surface area (Å²) in [4.78, 5) is 17.0. The molecule has 0 aliphatic rings. The van der Waals surface area contributed by atoms with Gasteiger partial charge in [-0.1, -0.05) is 47.1 Å². The minimum Gasteiger partial charge on any atom is -0.488 e. The van der Waals surface area contributed by atoms with Gasteiger partial charge in [0.2, 0.25) is 5.95 Å². The Balaban J connectivity index is 1.44. The molecule has 0 atom stereocenters. The Kier molecular flexibility index (Phi) is 6.02. The largest absolute Gasteiger partial charge is 0.488 e. The number of benzene rings is 2. The number of nitrogens with one attached hydrogen (secondary N) is 1. The molecule has 32 heavy (non-hydrogen) atoms. The predicted molar refractivity (Wildman–Crippen MR) is 120 cm³/mol. The number of carbonyl (C=O) groups is 1.